The van der Waals surface area contributed by atoms with Gasteiger partial charge in [0, 0.05) is 6.54 Å². The lowest BCUT2D eigenvalue weighted by Crippen LogP contribution is -2.55. The summed E-state index contributed by atoms with van der Waals surface area (Å²) in [5.74, 6) is 0. The van der Waals surface area contributed by atoms with E-state index in [0.29, 0.717) is 0 Å². The molecular formula is C18H39NO2. The van der Waals surface area contributed by atoms with Gasteiger partial charge in [-0.2, -0.15) is 0 Å². The Balaban J connectivity index is 3.65. The van der Waals surface area contributed by atoms with E-state index in [4.69, 9.17) is 0 Å². The van der Waals surface area contributed by atoms with Crippen molar-refractivity contribution >= 4 is 0 Å². The fourth-order valence-corrected chi connectivity index (χ4v) is 2.97. The summed E-state index contributed by atoms with van der Waals surface area (Å²) in [7, 11) is 0. The molecule has 0 aromatic rings. The van der Waals surface area contributed by atoms with Crippen molar-refractivity contribution in [1.29, 1.82) is 0 Å². The van der Waals surface area contributed by atoms with E-state index >= 15 is 0 Å². The number of nitrogens with zero attached hydrogens (tertiary/aromatic N) is 1. The summed E-state index contributed by atoms with van der Waals surface area (Å²) in [6, 6.07) is 0. The van der Waals surface area contributed by atoms with Gasteiger partial charge in [-0.1, -0.05) is 64.7 Å². The summed E-state index contributed by atoms with van der Waals surface area (Å²) in [4.78, 5) is 1.77. The lowest BCUT2D eigenvalue weighted by Gasteiger charge is -2.42. The molecule has 0 heterocycles. The Hall–Kier alpha value is -0.120. The van der Waals surface area contributed by atoms with Gasteiger partial charge in [0.2, 0.25) is 0 Å². The minimum Gasteiger partial charge on any atom is -0.376 e. The Bertz CT molecular complexity index is 227. The summed E-state index contributed by atoms with van der Waals surface area (Å²) in [5, 5.41) is 20.2. The van der Waals surface area contributed by atoms with Crippen LogP contribution in [0, 0.1) is 0 Å². The Kier molecular flexibility index (Phi) is 10.5. The molecule has 2 N–H and O–H groups in total. The van der Waals surface area contributed by atoms with Gasteiger partial charge in [0.15, 0.2) is 0 Å². The maximum atomic E-state index is 10.1. The molecule has 0 aliphatic rings. The number of rotatable bonds is 13. The third-order valence-corrected chi connectivity index (χ3v) is 4.06. The molecule has 128 valence electrons. The molecular weight excluding hydrogens is 262 g/mol. The van der Waals surface area contributed by atoms with Gasteiger partial charge in [-0.05, 0) is 34.1 Å². The van der Waals surface area contributed by atoms with Crippen molar-refractivity contribution in [1.82, 2.24) is 4.90 Å². The maximum Gasteiger partial charge on any atom is 0.115 e. The molecule has 0 radical (unpaired) electrons. The van der Waals surface area contributed by atoms with Gasteiger partial charge in [0.25, 0.3) is 0 Å². The molecule has 0 aliphatic heterocycles. The average molecular weight is 302 g/mol. The molecule has 0 rings (SSSR count). The first kappa shape index (κ1) is 20.9. The van der Waals surface area contributed by atoms with Crippen LogP contribution in [-0.4, -0.2) is 33.1 Å². The highest BCUT2D eigenvalue weighted by atomic mass is 16.3. The summed E-state index contributed by atoms with van der Waals surface area (Å²) in [5.41, 5.74) is -1.95. The third kappa shape index (κ3) is 11.1. The molecule has 0 aromatic carbocycles. The van der Waals surface area contributed by atoms with Crippen LogP contribution in [0.3, 0.4) is 0 Å². The van der Waals surface area contributed by atoms with Crippen molar-refractivity contribution in [3.8, 4) is 0 Å². The highest BCUT2D eigenvalue weighted by molar-refractivity contribution is 4.78. The van der Waals surface area contributed by atoms with Crippen molar-refractivity contribution < 1.29 is 10.2 Å². The predicted octanol–water partition coefficient (Wildman–Crippen LogP) is 4.67. The minimum absolute atomic E-state index is 0.740. The van der Waals surface area contributed by atoms with E-state index in [0.717, 1.165) is 13.0 Å². The van der Waals surface area contributed by atoms with Crippen molar-refractivity contribution in [3.63, 3.8) is 0 Å². The SMILES string of the molecule is CCCCCCCCCCCCN(C(C)(C)O)C(C)(C)O. The summed E-state index contributed by atoms with van der Waals surface area (Å²) in [6.45, 7) is 9.94. The average Bonchev–Trinajstić information content (AvgIpc) is 2.32. The fraction of sp³-hybridized carbons (Fsp3) is 1.00. The van der Waals surface area contributed by atoms with E-state index in [1.54, 1.807) is 32.6 Å². The second-order valence-electron chi connectivity index (χ2n) is 7.32. The zero-order chi connectivity index (χ0) is 16.4. The van der Waals surface area contributed by atoms with Gasteiger partial charge in [0.1, 0.15) is 11.4 Å². The molecule has 0 aliphatic carbocycles. The van der Waals surface area contributed by atoms with E-state index in [2.05, 4.69) is 6.92 Å². The molecule has 0 aromatic heterocycles. The van der Waals surface area contributed by atoms with Crippen LogP contribution in [0.2, 0.25) is 0 Å². The van der Waals surface area contributed by atoms with Crippen LogP contribution in [0.1, 0.15) is 98.8 Å². The second-order valence-corrected chi connectivity index (χ2v) is 7.32. The first-order valence-corrected chi connectivity index (χ1v) is 8.92. The zero-order valence-electron chi connectivity index (χ0n) is 15.1. The van der Waals surface area contributed by atoms with Crippen molar-refractivity contribution in [2.24, 2.45) is 0 Å². The van der Waals surface area contributed by atoms with Crippen LogP contribution in [0.5, 0.6) is 0 Å². The lowest BCUT2D eigenvalue weighted by atomic mass is 10.1. The molecule has 21 heavy (non-hydrogen) atoms. The molecule has 3 heteroatoms. The topological polar surface area (TPSA) is 43.7 Å². The highest BCUT2D eigenvalue weighted by Crippen LogP contribution is 2.22. The van der Waals surface area contributed by atoms with Gasteiger partial charge < -0.3 is 10.2 Å². The first-order chi connectivity index (χ1) is 9.69. The zero-order valence-corrected chi connectivity index (χ0v) is 15.1. The van der Waals surface area contributed by atoms with Crippen LogP contribution >= 0.6 is 0 Å². The van der Waals surface area contributed by atoms with Crippen LogP contribution in [-0.2, 0) is 0 Å². The van der Waals surface area contributed by atoms with E-state index in [1.165, 1.54) is 57.8 Å². The number of hydrogen-bond donors (Lipinski definition) is 2. The molecule has 0 fully saturated rings. The van der Waals surface area contributed by atoms with Crippen LogP contribution in [0.15, 0.2) is 0 Å². The smallest absolute Gasteiger partial charge is 0.115 e. The van der Waals surface area contributed by atoms with Gasteiger partial charge in [-0.3, -0.25) is 0 Å². The van der Waals surface area contributed by atoms with E-state index < -0.39 is 11.4 Å². The molecule has 0 bridgehead atoms. The Labute approximate surface area is 132 Å². The quantitative estimate of drug-likeness (QED) is 0.384. The first-order valence-electron chi connectivity index (χ1n) is 8.92. The third-order valence-electron chi connectivity index (χ3n) is 4.06. The molecule has 0 unspecified atom stereocenters. The molecule has 3 nitrogen and oxygen atoms in total. The molecule has 0 saturated heterocycles. The normalized spacial score (nSPS) is 13.1. The van der Waals surface area contributed by atoms with Crippen LogP contribution in [0.4, 0.5) is 0 Å². The summed E-state index contributed by atoms with van der Waals surface area (Å²) >= 11 is 0. The largest absolute Gasteiger partial charge is 0.376 e. The van der Waals surface area contributed by atoms with Gasteiger partial charge >= 0.3 is 0 Å². The Morgan fingerprint density at radius 1 is 0.619 bits per heavy atom. The fourth-order valence-electron chi connectivity index (χ4n) is 2.97. The van der Waals surface area contributed by atoms with Gasteiger partial charge in [0.05, 0.1) is 0 Å². The second kappa shape index (κ2) is 10.6. The monoisotopic (exact) mass is 301 g/mol. The maximum absolute atomic E-state index is 10.1. The number of hydrogen-bond acceptors (Lipinski definition) is 3. The van der Waals surface area contributed by atoms with E-state index in [9.17, 15) is 10.2 Å². The molecule has 0 spiro atoms. The number of aliphatic hydroxyl groups is 2. The molecule has 0 amide bonds. The lowest BCUT2D eigenvalue weighted by molar-refractivity contribution is -0.200. The van der Waals surface area contributed by atoms with Crippen molar-refractivity contribution in [3.05, 3.63) is 0 Å². The van der Waals surface area contributed by atoms with Gasteiger partial charge in [-0.25, -0.2) is 4.90 Å². The Morgan fingerprint density at radius 2 is 0.952 bits per heavy atom. The molecule has 0 atom stereocenters. The van der Waals surface area contributed by atoms with Crippen LogP contribution < -0.4 is 0 Å². The van der Waals surface area contributed by atoms with E-state index in [-0.39, 0.29) is 0 Å². The summed E-state index contributed by atoms with van der Waals surface area (Å²) in [6.07, 6.45) is 13.0. The standard InChI is InChI=1S/C18H39NO2/c1-6-7-8-9-10-11-12-13-14-15-16-19(17(2,3)20)18(4,5)21/h20-21H,6-16H2,1-5H3. The van der Waals surface area contributed by atoms with E-state index in [1.807, 2.05) is 0 Å². The van der Waals surface area contributed by atoms with Gasteiger partial charge in [-0.15, -0.1) is 0 Å². The summed E-state index contributed by atoms with van der Waals surface area (Å²) < 4.78 is 0. The number of unbranched alkanes of at least 4 members (excludes halogenated alkanes) is 9. The minimum atomic E-state index is -0.975. The molecule has 0 saturated carbocycles. The van der Waals surface area contributed by atoms with Crippen molar-refractivity contribution in [2.75, 3.05) is 6.54 Å². The van der Waals surface area contributed by atoms with Crippen LogP contribution in [0.25, 0.3) is 0 Å². The highest BCUT2D eigenvalue weighted by Gasteiger charge is 2.34. The van der Waals surface area contributed by atoms with Crippen molar-refractivity contribution in [2.45, 2.75) is 110 Å². The predicted molar refractivity (Wildman–Crippen MR) is 91.1 cm³/mol. The Morgan fingerprint density at radius 3 is 1.29 bits per heavy atom.